The summed E-state index contributed by atoms with van der Waals surface area (Å²) in [6, 6.07) is 5.63. The summed E-state index contributed by atoms with van der Waals surface area (Å²) in [5.41, 5.74) is 1.44. The first-order chi connectivity index (χ1) is 11.3. The first-order valence-electron chi connectivity index (χ1n) is 8.05. The maximum atomic E-state index is 12.9. The van der Waals surface area contributed by atoms with E-state index in [1.165, 1.54) is 11.3 Å². The standard InChI is InChI=1S/C18H21N3O2S/c1-10(2)21(11(3)4)18(23)14-9-13-16(24-14)19-15-12(5)7-6-8-20(15)17(13)22/h6-11H,1-5H3. The van der Waals surface area contributed by atoms with Crippen LogP contribution in [0.1, 0.15) is 42.9 Å². The minimum Gasteiger partial charge on any atom is -0.333 e. The molecule has 1 amide bonds. The Kier molecular flexibility index (Phi) is 4.17. The quantitative estimate of drug-likeness (QED) is 0.731. The molecular weight excluding hydrogens is 322 g/mol. The third-order valence-electron chi connectivity index (χ3n) is 4.09. The van der Waals surface area contributed by atoms with E-state index >= 15 is 0 Å². The predicted molar refractivity (Wildman–Crippen MR) is 98.0 cm³/mol. The lowest BCUT2D eigenvalue weighted by Gasteiger charge is -2.30. The second-order valence-corrected chi connectivity index (χ2v) is 7.56. The van der Waals surface area contributed by atoms with E-state index in [-0.39, 0.29) is 23.6 Å². The third-order valence-corrected chi connectivity index (χ3v) is 5.11. The molecule has 24 heavy (non-hydrogen) atoms. The molecule has 0 unspecified atom stereocenters. The highest BCUT2D eigenvalue weighted by Gasteiger charge is 2.24. The largest absolute Gasteiger partial charge is 0.333 e. The normalized spacial score (nSPS) is 11.8. The zero-order valence-corrected chi connectivity index (χ0v) is 15.3. The van der Waals surface area contributed by atoms with Gasteiger partial charge >= 0.3 is 0 Å². The van der Waals surface area contributed by atoms with Crippen molar-refractivity contribution in [3.63, 3.8) is 0 Å². The van der Waals surface area contributed by atoms with Crippen LogP contribution >= 0.6 is 11.3 Å². The fourth-order valence-electron chi connectivity index (χ4n) is 3.06. The average molecular weight is 343 g/mol. The fourth-order valence-corrected chi connectivity index (χ4v) is 4.02. The van der Waals surface area contributed by atoms with Gasteiger partial charge in [0.2, 0.25) is 0 Å². The van der Waals surface area contributed by atoms with E-state index in [1.54, 1.807) is 16.7 Å². The number of hydrogen-bond donors (Lipinski definition) is 0. The van der Waals surface area contributed by atoms with Crippen molar-refractivity contribution >= 4 is 33.1 Å². The molecule has 3 aromatic heterocycles. The smallest absolute Gasteiger partial charge is 0.266 e. The molecule has 0 saturated heterocycles. The zero-order chi connectivity index (χ0) is 17.6. The molecule has 3 rings (SSSR count). The van der Waals surface area contributed by atoms with Gasteiger partial charge in [-0.3, -0.25) is 14.0 Å². The van der Waals surface area contributed by atoms with Gasteiger partial charge in [0.05, 0.1) is 10.3 Å². The van der Waals surface area contributed by atoms with Gasteiger partial charge in [0.25, 0.3) is 11.5 Å². The van der Waals surface area contributed by atoms with Gasteiger partial charge in [0.15, 0.2) is 0 Å². The number of aryl methyl sites for hydroxylation is 1. The molecule has 0 fully saturated rings. The molecule has 0 aliphatic rings. The van der Waals surface area contributed by atoms with Crippen molar-refractivity contribution in [3.8, 4) is 0 Å². The van der Waals surface area contributed by atoms with Crippen LogP contribution in [0.5, 0.6) is 0 Å². The molecule has 0 aliphatic carbocycles. The van der Waals surface area contributed by atoms with Crippen LogP contribution in [0.15, 0.2) is 29.2 Å². The van der Waals surface area contributed by atoms with E-state index < -0.39 is 0 Å². The molecule has 0 N–H and O–H groups in total. The molecule has 0 saturated carbocycles. The lowest BCUT2D eigenvalue weighted by molar-refractivity contribution is 0.0649. The number of amides is 1. The summed E-state index contributed by atoms with van der Waals surface area (Å²) in [4.78, 5) is 33.2. The first-order valence-corrected chi connectivity index (χ1v) is 8.87. The van der Waals surface area contributed by atoms with Gasteiger partial charge in [-0.05, 0) is 52.3 Å². The Hall–Kier alpha value is -2.21. The van der Waals surface area contributed by atoms with Gasteiger partial charge in [0, 0.05) is 18.3 Å². The maximum absolute atomic E-state index is 12.9. The molecule has 3 heterocycles. The average Bonchev–Trinajstić information content (AvgIpc) is 2.92. The summed E-state index contributed by atoms with van der Waals surface area (Å²) in [7, 11) is 0. The molecule has 0 radical (unpaired) electrons. The number of thiophene rings is 1. The van der Waals surface area contributed by atoms with Crippen molar-refractivity contribution in [1.29, 1.82) is 0 Å². The highest BCUT2D eigenvalue weighted by Crippen LogP contribution is 2.25. The Labute approximate surface area is 144 Å². The highest BCUT2D eigenvalue weighted by molar-refractivity contribution is 7.20. The number of pyridine rings is 1. The van der Waals surface area contributed by atoms with E-state index in [2.05, 4.69) is 4.98 Å². The third kappa shape index (κ3) is 2.60. The minimum atomic E-state index is -0.130. The summed E-state index contributed by atoms with van der Waals surface area (Å²) in [5, 5.41) is 0.499. The van der Waals surface area contributed by atoms with Crippen LogP contribution in [0, 0.1) is 6.92 Å². The number of hydrogen-bond acceptors (Lipinski definition) is 4. The van der Waals surface area contributed by atoms with E-state index in [9.17, 15) is 9.59 Å². The Bertz CT molecular complexity index is 977. The Morgan fingerprint density at radius 1 is 1.25 bits per heavy atom. The van der Waals surface area contributed by atoms with Crippen molar-refractivity contribution in [2.75, 3.05) is 0 Å². The number of nitrogens with zero attached hydrogens (tertiary/aromatic N) is 3. The van der Waals surface area contributed by atoms with Crippen molar-refractivity contribution in [3.05, 3.63) is 45.2 Å². The second kappa shape index (κ2) is 6.02. The van der Waals surface area contributed by atoms with Crippen LogP contribution in [-0.4, -0.2) is 32.3 Å². The van der Waals surface area contributed by atoms with Crippen LogP contribution in [-0.2, 0) is 0 Å². The number of carbonyl (C=O) groups excluding carboxylic acids is 1. The molecule has 0 aliphatic heterocycles. The van der Waals surface area contributed by atoms with Gasteiger partial charge in [0.1, 0.15) is 10.5 Å². The van der Waals surface area contributed by atoms with Gasteiger partial charge < -0.3 is 4.90 Å². The summed E-state index contributed by atoms with van der Waals surface area (Å²) < 4.78 is 1.54. The van der Waals surface area contributed by atoms with Crippen LogP contribution in [0.4, 0.5) is 0 Å². The predicted octanol–water partition coefficient (Wildman–Crippen LogP) is 3.48. The van der Waals surface area contributed by atoms with Crippen molar-refractivity contribution < 1.29 is 4.79 Å². The molecule has 0 bridgehead atoms. The molecule has 0 spiro atoms. The van der Waals surface area contributed by atoms with Gasteiger partial charge in [-0.1, -0.05) is 6.07 Å². The monoisotopic (exact) mass is 343 g/mol. The van der Waals surface area contributed by atoms with E-state index in [0.717, 1.165) is 5.56 Å². The number of aromatic nitrogens is 2. The molecule has 0 aromatic carbocycles. The number of carbonyl (C=O) groups is 1. The van der Waals surface area contributed by atoms with E-state index in [1.807, 2.05) is 51.7 Å². The Morgan fingerprint density at radius 2 is 1.92 bits per heavy atom. The van der Waals surface area contributed by atoms with Gasteiger partial charge in [-0.2, -0.15) is 0 Å². The van der Waals surface area contributed by atoms with Crippen molar-refractivity contribution in [2.24, 2.45) is 0 Å². The number of rotatable bonds is 3. The summed E-state index contributed by atoms with van der Waals surface area (Å²) in [6.07, 6.45) is 1.71. The Balaban J connectivity index is 2.20. The minimum absolute atomic E-state index is 0.0480. The maximum Gasteiger partial charge on any atom is 0.266 e. The van der Waals surface area contributed by atoms with E-state index in [4.69, 9.17) is 0 Å². The van der Waals surface area contributed by atoms with Crippen LogP contribution in [0.3, 0.4) is 0 Å². The summed E-state index contributed by atoms with van der Waals surface area (Å²) >= 11 is 1.29. The first kappa shape index (κ1) is 16.6. The molecule has 5 nitrogen and oxygen atoms in total. The van der Waals surface area contributed by atoms with Gasteiger partial charge in [-0.15, -0.1) is 11.3 Å². The lowest BCUT2D eigenvalue weighted by Crippen LogP contribution is -2.41. The van der Waals surface area contributed by atoms with Crippen LogP contribution < -0.4 is 5.56 Å². The molecule has 3 aromatic rings. The van der Waals surface area contributed by atoms with Crippen molar-refractivity contribution in [2.45, 2.75) is 46.7 Å². The Morgan fingerprint density at radius 3 is 2.54 bits per heavy atom. The molecule has 6 heteroatoms. The molecular formula is C18H21N3O2S. The van der Waals surface area contributed by atoms with Crippen molar-refractivity contribution in [1.82, 2.24) is 14.3 Å². The zero-order valence-electron chi connectivity index (χ0n) is 14.5. The fraction of sp³-hybridized carbons (Fsp3) is 0.389. The molecule has 126 valence electrons. The van der Waals surface area contributed by atoms with Gasteiger partial charge in [-0.25, -0.2) is 4.98 Å². The molecule has 0 atom stereocenters. The summed E-state index contributed by atoms with van der Waals surface area (Å²) in [6.45, 7) is 9.91. The van der Waals surface area contributed by atoms with Crippen LogP contribution in [0.2, 0.25) is 0 Å². The summed E-state index contributed by atoms with van der Waals surface area (Å²) in [5.74, 6) is -0.0480. The SMILES string of the molecule is Cc1cccn2c(=O)c3cc(C(=O)N(C(C)C)C(C)C)sc3nc12. The van der Waals surface area contributed by atoms with Crippen LogP contribution in [0.25, 0.3) is 15.9 Å². The highest BCUT2D eigenvalue weighted by atomic mass is 32.1. The topological polar surface area (TPSA) is 54.7 Å². The number of fused-ring (bicyclic) bond motifs is 2. The lowest BCUT2D eigenvalue weighted by atomic mass is 10.2. The second-order valence-electron chi connectivity index (χ2n) is 6.53. The van der Waals surface area contributed by atoms with E-state index in [0.29, 0.717) is 20.7 Å².